The summed E-state index contributed by atoms with van der Waals surface area (Å²) in [6.45, 7) is 1.69. The maximum atomic E-state index is 12.5. The number of amidine groups is 1. The molecule has 0 amide bonds. The lowest BCUT2D eigenvalue weighted by atomic mass is 10.1. The lowest BCUT2D eigenvalue weighted by molar-refractivity contribution is -0.141. The van der Waals surface area contributed by atoms with Crippen LogP contribution in [0.4, 0.5) is 13.2 Å². The fourth-order valence-electron chi connectivity index (χ4n) is 1.64. The number of nitrogens with one attached hydrogen (secondary N) is 1. The highest BCUT2D eigenvalue weighted by Gasteiger charge is 2.34. The average molecular weight is 269 g/mol. The zero-order valence-corrected chi connectivity index (χ0v) is 9.86. The quantitative estimate of drug-likeness (QED) is 0.645. The number of nitrogens with two attached hydrogens (primary N) is 1. The van der Waals surface area contributed by atoms with Crippen LogP contribution in [0.15, 0.2) is 24.5 Å². The van der Waals surface area contributed by atoms with Crippen molar-refractivity contribution < 1.29 is 13.2 Å². The molecule has 0 aliphatic carbocycles. The molecule has 0 fully saturated rings. The average Bonchev–Trinajstić information content (AvgIpc) is 2.76. The number of nitrogen functional groups attached to an aromatic ring is 1. The summed E-state index contributed by atoms with van der Waals surface area (Å²) in [5, 5.41) is 10.9. The van der Waals surface area contributed by atoms with Crippen LogP contribution in [0.25, 0.3) is 5.82 Å². The highest BCUT2D eigenvalue weighted by Crippen LogP contribution is 2.28. The first-order valence-corrected chi connectivity index (χ1v) is 5.24. The number of pyridine rings is 1. The molecule has 5 nitrogen and oxygen atoms in total. The number of aromatic nitrogens is 3. The van der Waals surface area contributed by atoms with Gasteiger partial charge in [-0.05, 0) is 24.6 Å². The largest absolute Gasteiger partial charge is 0.435 e. The molecule has 0 aromatic carbocycles. The van der Waals surface area contributed by atoms with E-state index in [1.165, 1.54) is 6.20 Å². The summed E-state index contributed by atoms with van der Waals surface area (Å²) in [5.74, 6) is -0.173. The first-order valence-electron chi connectivity index (χ1n) is 5.24. The van der Waals surface area contributed by atoms with Gasteiger partial charge in [0.05, 0.1) is 5.56 Å². The minimum Gasteiger partial charge on any atom is -0.384 e. The van der Waals surface area contributed by atoms with E-state index in [0.29, 0.717) is 5.56 Å². The fraction of sp³-hybridized carbons (Fsp3) is 0.182. The number of hydrogen-bond donors (Lipinski definition) is 2. The second kappa shape index (κ2) is 4.38. The Hall–Kier alpha value is -2.38. The van der Waals surface area contributed by atoms with Crippen molar-refractivity contribution in [2.45, 2.75) is 13.1 Å². The van der Waals surface area contributed by atoms with Gasteiger partial charge in [0.15, 0.2) is 11.5 Å². The Morgan fingerprint density at radius 3 is 2.58 bits per heavy atom. The molecule has 0 radical (unpaired) electrons. The second-order valence-corrected chi connectivity index (χ2v) is 3.88. The number of alkyl halides is 3. The molecule has 0 aliphatic rings. The number of rotatable bonds is 2. The van der Waals surface area contributed by atoms with Crippen molar-refractivity contribution >= 4 is 5.84 Å². The molecule has 8 heteroatoms. The van der Waals surface area contributed by atoms with E-state index in [1.54, 1.807) is 13.0 Å². The number of nitrogens with zero attached hydrogens (tertiary/aromatic N) is 3. The van der Waals surface area contributed by atoms with Crippen LogP contribution in [0.3, 0.4) is 0 Å². The van der Waals surface area contributed by atoms with E-state index in [-0.39, 0.29) is 17.2 Å². The van der Waals surface area contributed by atoms with Gasteiger partial charge in [-0.1, -0.05) is 0 Å². The lowest BCUT2D eigenvalue weighted by Gasteiger charge is -2.09. The Morgan fingerprint density at radius 1 is 1.37 bits per heavy atom. The molecule has 0 aliphatic heterocycles. The molecular weight excluding hydrogens is 259 g/mol. The van der Waals surface area contributed by atoms with E-state index < -0.39 is 11.9 Å². The molecule has 3 N–H and O–H groups in total. The van der Waals surface area contributed by atoms with Gasteiger partial charge in [0.25, 0.3) is 0 Å². The molecule has 100 valence electrons. The van der Waals surface area contributed by atoms with Crippen LogP contribution in [0.5, 0.6) is 0 Å². The summed E-state index contributed by atoms with van der Waals surface area (Å²) in [7, 11) is 0. The van der Waals surface area contributed by atoms with E-state index in [0.717, 1.165) is 16.9 Å². The van der Waals surface area contributed by atoms with E-state index in [2.05, 4.69) is 10.1 Å². The normalized spacial score (nSPS) is 11.6. The minimum atomic E-state index is -4.52. The van der Waals surface area contributed by atoms with Crippen LogP contribution in [-0.2, 0) is 6.18 Å². The molecular formula is C11H10F3N5. The first kappa shape index (κ1) is 13.1. The molecule has 0 bridgehead atoms. The number of hydrogen-bond acceptors (Lipinski definition) is 3. The molecule has 19 heavy (non-hydrogen) atoms. The van der Waals surface area contributed by atoms with Gasteiger partial charge in [-0.3, -0.25) is 5.41 Å². The van der Waals surface area contributed by atoms with Crippen LogP contribution in [-0.4, -0.2) is 20.6 Å². The predicted molar refractivity (Wildman–Crippen MR) is 62.1 cm³/mol. The van der Waals surface area contributed by atoms with Crippen molar-refractivity contribution in [1.82, 2.24) is 14.8 Å². The topological polar surface area (TPSA) is 80.6 Å². The van der Waals surface area contributed by atoms with Gasteiger partial charge in [0.1, 0.15) is 5.84 Å². The second-order valence-electron chi connectivity index (χ2n) is 3.88. The SMILES string of the molecule is Cc1ccnc(-n2ccc(C(F)(F)F)n2)c1C(=N)N. The van der Waals surface area contributed by atoms with E-state index >= 15 is 0 Å². The van der Waals surface area contributed by atoms with Gasteiger partial charge in [-0.25, -0.2) is 9.67 Å². The standard InChI is InChI=1S/C11H10F3N5/c1-6-2-4-17-10(8(6)9(15)16)19-5-3-7(18-19)11(12,13)14/h2-5H,1H3,(H3,15,16). The summed E-state index contributed by atoms with van der Waals surface area (Å²) in [6, 6.07) is 2.46. The summed E-state index contributed by atoms with van der Waals surface area (Å²) in [5.41, 5.74) is 5.31. The maximum Gasteiger partial charge on any atom is 0.435 e. The summed E-state index contributed by atoms with van der Waals surface area (Å²) < 4.78 is 38.4. The zero-order chi connectivity index (χ0) is 14.2. The Balaban J connectivity index is 2.57. The van der Waals surface area contributed by atoms with Gasteiger partial charge in [-0.2, -0.15) is 18.3 Å². The highest BCUT2D eigenvalue weighted by molar-refractivity contribution is 5.99. The van der Waals surface area contributed by atoms with Crippen LogP contribution in [0.2, 0.25) is 0 Å². The van der Waals surface area contributed by atoms with E-state index in [9.17, 15) is 13.2 Å². The van der Waals surface area contributed by atoms with Gasteiger partial charge in [-0.15, -0.1) is 0 Å². The molecule has 0 saturated carbocycles. The van der Waals surface area contributed by atoms with Crippen molar-refractivity contribution in [3.8, 4) is 5.82 Å². The molecule has 0 spiro atoms. The Morgan fingerprint density at radius 2 is 2.05 bits per heavy atom. The predicted octanol–water partition coefficient (Wildman–Crippen LogP) is 1.88. The molecule has 0 unspecified atom stereocenters. The molecule has 0 atom stereocenters. The molecule has 0 saturated heterocycles. The Labute approximate surface area is 106 Å². The Kier molecular flexibility index (Phi) is 3.01. The highest BCUT2D eigenvalue weighted by atomic mass is 19.4. The molecule has 2 rings (SSSR count). The summed E-state index contributed by atoms with van der Waals surface area (Å²) >= 11 is 0. The van der Waals surface area contributed by atoms with Crippen molar-refractivity contribution in [3.63, 3.8) is 0 Å². The van der Waals surface area contributed by atoms with Gasteiger partial charge >= 0.3 is 6.18 Å². The van der Waals surface area contributed by atoms with E-state index in [4.69, 9.17) is 11.1 Å². The summed E-state index contributed by atoms with van der Waals surface area (Å²) in [6.07, 6.45) is -1.96. The first-order chi connectivity index (χ1) is 8.80. The van der Waals surface area contributed by atoms with Crippen molar-refractivity contribution in [1.29, 1.82) is 5.41 Å². The van der Waals surface area contributed by atoms with Crippen LogP contribution in [0.1, 0.15) is 16.8 Å². The number of halogens is 3. The summed E-state index contributed by atoms with van der Waals surface area (Å²) in [4.78, 5) is 3.94. The van der Waals surface area contributed by atoms with Crippen molar-refractivity contribution in [2.75, 3.05) is 0 Å². The van der Waals surface area contributed by atoms with Gasteiger partial charge in [0, 0.05) is 12.4 Å². The lowest BCUT2D eigenvalue weighted by Crippen LogP contribution is -2.18. The van der Waals surface area contributed by atoms with Crippen molar-refractivity contribution in [2.24, 2.45) is 5.73 Å². The fourth-order valence-corrected chi connectivity index (χ4v) is 1.64. The molecule has 2 heterocycles. The molecule has 2 aromatic heterocycles. The van der Waals surface area contributed by atoms with Crippen LogP contribution in [0, 0.1) is 12.3 Å². The van der Waals surface area contributed by atoms with Crippen LogP contribution < -0.4 is 5.73 Å². The Bertz CT molecular complexity index is 630. The van der Waals surface area contributed by atoms with E-state index in [1.807, 2.05) is 0 Å². The molecule has 2 aromatic rings. The number of aryl methyl sites for hydroxylation is 1. The minimum absolute atomic E-state index is 0.100. The van der Waals surface area contributed by atoms with Crippen LogP contribution >= 0.6 is 0 Å². The maximum absolute atomic E-state index is 12.5. The third-order valence-corrected chi connectivity index (χ3v) is 2.51. The zero-order valence-electron chi connectivity index (χ0n) is 9.86. The third-order valence-electron chi connectivity index (χ3n) is 2.51. The van der Waals surface area contributed by atoms with Gasteiger partial charge < -0.3 is 5.73 Å². The third kappa shape index (κ3) is 2.42. The van der Waals surface area contributed by atoms with Crippen molar-refractivity contribution in [3.05, 3.63) is 41.3 Å². The van der Waals surface area contributed by atoms with Gasteiger partial charge in [0.2, 0.25) is 0 Å². The smallest absolute Gasteiger partial charge is 0.384 e. The monoisotopic (exact) mass is 269 g/mol.